The lowest BCUT2D eigenvalue weighted by Crippen LogP contribution is -2.38. The van der Waals surface area contributed by atoms with Gasteiger partial charge in [-0.3, -0.25) is 4.79 Å². The van der Waals surface area contributed by atoms with E-state index in [1.165, 1.54) is 0 Å². The number of nitrogens with zero attached hydrogens (tertiary/aromatic N) is 1. The van der Waals surface area contributed by atoms with Gasteiger partial charge in [0.2, 0.25) is 0 Å². The Hall–Kier alpha value is -1.57. The van der Waals surface area contributed by atoms with E-state index in [0.29, 0.717) is 12.6 Å². The Morgan fingerprint density at radius 3 is 2.53 bits per heavy atom. The molecule has 2 aliphatic rings. The van der Waals surface area contributed by atoms with Crippen LogP contribution in [0.25, 0.3) is 5.57 Å². The molecule has 1 fully saturated rings. The third-order valence-electron chi connectivity index (χ3n) is 3.15. The molecule has 1 saturated carbocycles. The first kappa shape index (κ1) is 8.72. The molecule has 2 nitrogen and oxygen atoms in total. The molecule has 76 valence electrons. The molecule has 0 atom stereocenters. The van der Waals surface area contributed by atoms with Gasteiger partial charge in [-0.1, -0.05) is 24.8 Å². The molecule has 0 aromatic heterocycles. The predicted octanol–water partition coefficient (Wildman–Crippen LogP) is 2.32. The van der Waals surface area contributed by atoms with Crippen LogP contribution in [-0.4, -0.2) is 23.4 Å². The van der Waals surface area contributed by atoms with Crippen molar-refractivity contribution < 1.29 is 4.79 Å². The average Bonchev–Trinajstić information content (AvgIpc) is 3.07. The topological polar surface area (TPSA) is 20.3 Å². The number of fused-ring (bicyclic) bond motifs is 1. The van der Waals surface area contributed by atoms with Crippen LogP contribution in [0.5, 0.6) is 0 Å². The number of carbonyl (C=O) groups is 1. The molecule has 15 heavy (non-hydrogen) atoms. The molecule has 0 N–H and O–H groups in total. The van der Waals surface area contributed by atoms with Crippen LogP contribution in [-0.2, 0) is 0 Å². The highest BCUT2D eigenvalue weighted by atomic mass is 16.2. The Labute approximate surface area is 89.2 Å². The maximum Gasteiger partial charge on any atom is 0.255 e. The summed E-state index contributed by atoms with van der Waals surface area (Å²) in [5.74, 6) is 0.181. The second kappa shape index (κ2) is 2.96. The molecular formula is C13H13NO. The highest BCUT2D eigenvalue weighted by Crippen LogP contribution is 2.34. The van der Waals surface area contributed by atoms with Gasteiger partial charge in [0.25, 0.3) is 5.91 Å². The molecule has 1 heterocycles. The number of hydrogen-bond acceptors (Lipinski definition) is 1. The van der Waals surface area contributed by atoms with E-state index in [4.69, 9.17) is 0 Å². The minimum absolute atomic E-state index is 0.181. The first-order valence-corrected chi connectivity index (χ1v) is 5.35. The van der Waals surface area contributed by atoms with Gasteiger partial charge in [0.05, 0.1) is 0 Å². The summed E-state index contributed by atoms with van der Waals surface area (Å²) in [5, 5.41) is 0. The van der Waals surface area contributed by atoms with E-state index < -0.39 is 0 Å². The van der Waals surface area contributed by atoms with Gasteiger partial charge < -0.3 is 4.90 Å². The predicted molar refractivity (Wildman–Crippen MR) is 59.5 cm³/mol. The molecule has 1 aliphatic heterocycles. The van der Waals surface area contributed by atoms with E-state index >= 15 is 0 Å². The Morgan fingerprint density at radius 2 is 1.87 bits per heavy atom. The molecule has 1 aromatic carbocycles. The highest BCUT2D eigenvalue weighted by Gasteiger charge is 2.36. The lowest BCUT2D eigenvalue weighted by Gasteiger charge is -2.29. The number of amides is 1. The summed E-state index contributed by atoms with van der Waals surface area (Å²) in [7, 11) is 0. The standard InChI is InChI=1S/C13H13NO/c1-9-8-14(10-6-7-10)13(15)12-5-3-2-4-11(9)12/h2-5,10H,1,6-8H2. The van der Waals surface area contributed by atoms with Crippen LogP contribution in [0.15, 0.2) is 30.8 Å². The van der Waals surface area contributed by atoms with Crippen molar-refractivity contribution in [3.05, 3.63) is 42.0 Å². The van der Waals surface area contributed by atoms with Gasteiger partial charge in [-0.05, 0) is 30.0 Å². The van der Waals surface area contributed by atoms with Crippen molar-refractivity contribution >= 4 is 11.5 Å². The van der Waals surface area contributed by atoms with E-state index in [0.717, 1.165) is 29.5 Å². The molecule has 0 unspecified atom stereocenters. The second-order valence-corrected chi connectivity index (χ2v) is 4.31. The maximum absolute atomic E-state index is 12.1. The van der Waals surface area contributed by atoms with E-state index in [9.17, 15) is 4.79 Å². The molecule has 2 heteroatoms. The van der Waals surface area contributed by atoms with Crippen LogP contribution in [0.4, 0.5) is 0 Å². The highest BCUT2D eigenvalue weighted by molar-refractivity contribution is 6.02. The normalized spacial score (nSPS) is 20.4. The maximum atomic E-state index is 12.1. The van der Waals surface area contributed by atoms with Crippen molar-refractivity contribution in [3.63, 3.8) is 0 Å². The van der Waals surface area contributed by atoms with Crippen LogP contribution >= 0.6 is 0 Å². The molecule has 0 saturated heterocycles. The number of hydrogen-bond donors (Lipinski definition) is 0. The van der Waals surface area contributed by atoms with E-state index in [1.54, 1.807) is 0 Å². The number of carbonyl (C=O) groups excluding carboxylic acids is 1. The second-order valence-electron chi connectivity index (χ2n) is 4.31. The SMILES string of the molecule is C=C1CN(C2CC2)C(=O)c2ccccc21. The third-order valence-corrected chi connectivity index (χ3v) is 3.15. The lowest BCUT2D eigenvalue weighted by atomic mass is 9.95. The molecule has 0 bridgehead atoms. The van der Waals surface area contributed by atoms with Gasteiger partial charge >= 0.3 is 0 Å². The minimum Gasteiger partial charge on any atom is -0.331 e. The molecule has 1 amide bonds. The first-order valence-electron chi connectivity index (χ1n) is 5.35. The van der Waals surface area contributed by atoms with Crippen molar-refractivity contribution in [2.24, 2.45) is 0 Å². The fraction of sp³-hybridized carbons (Fsp3) is 0.308. The zero-order chi connectivity index (χ0) is 10.4. The van der Waals surface area contributed by atoms with E-state index in [1.807, 2.05) is 29.2 Å². The van der Waals surface area contributed by atoms with Crippen LogP contribution in [0.3, 0.4) is 0 Å². The van der Waals surface area contributed by atoms with Crippen molar-refractivity contribution in [1.82, 2.24) is 4.90 Å². The molecule has 1 aliphatic carbocycles. The molecular weight excluding hydrogens is 186 g/mol. The van der Waals surface area contributed by atoms with Gasteiger partial charge in [0.1, 0.15) is 0 Å². The fourth-order valence-electron chi connectivity index (χ4n) is 2.18. The Kier molecular flexibility index (Phi) is 1.72. The zero-order valence-corrected chi connectivity index (χ0v) is 8.57. The van der Waals surface area contributed by atoms with Gasteiger partial charge in [-0.15, -0.1) is 0 Å². The summed E-state index contributed by atoms with van der Waals surface area (Å²) in [5.41, 5.74) is 2.91. The van der Waals surface area contributed by atoms with Gasteiger partial charge in [0, 0.05) is 18.2 Å². The van der Waals surface area contributed by atoms with Gasteiger partial charge in [-0.25, -0.2) is 0 Å². The van der Waals surface area contributed by atoms with Crippen LogP contribution < -0.4 is 0 Å². The molecule has 3 rings (SSSR count). The fourth-order valence-corrected chi connectivity index (χ4v) is 2.18. The van der Waals surface area contributed by atoms with Crippen molar-refractivity contribution in [3.8, 4) is 0 Å². The summed E-state index contributed by atoms with van der Waals surface area (Å²) in [6.45, 7) is 4.77. The average molecular weight is 199 g/mol. The summed E-state index contributed by atoms with van der Waals surface area (Å²) < 4.78 is 0. The molecule has 0 spiro atoms. The summed E-state index contributed by atoms with van der Waals surface area (Å²) in [4.78, 5) is 14.1. The molecule has 0 radical (unpaired) electrons. The van der Waals surface area contributed by atoms with Crippen molar-refractivity contribution in [2.75, 3.05) is 6.54 Å². The Balaban J connectivity index is 2.07. The Morgan fingerprint density at radius 1 is 1.20 bits per heavy atom. The van der Waals surface area contributed by atoms with E-state index in [2.05, 4.69) is 6.58 Å². The quantitative estimate of drug-likeness (QED) is 0.679. The third kappa shape index (κ3) is 1.29. The van der Waals surface area contributed by atoms with Gasteiger partial charge in [-0.2, -0.15) is 0 Å². The van der Waals surface area contributed by atoms with Crippen molar-refractivity contribution in [1.29, 1.82) is 0 Å². The zero-order valence-electron chi connectivity index (χ0n) is 8.57. The summed E-state index contributed by atoms with van der Waals surface area (Å²) >= 11 is 0. The number of rotatable bonds is 1. The summed E-state index contributed by atoms with van der Waals surface area (Å²) in [6, 6.07) is 8.24. The van der Waals surface area contributed by atoms with Crippen LogP contribution in [0.2, 0.25) is 0 Å². The van der Waals surface area contributed by atoms with Crippen LogP contribution in [0, 0.1) is 0 Å². The Bertz CT molecular complexity index is 446. The lowest BCUT2D eigenvalue weighted by molar-refractivity contribution is 0.0757. The van der Waals surface area contributed by atoms with Crippen molar-refractivity contribution in [2.45, 2.75) is 18.9 Å². The number of benzene rings is 1. The largest absolute Gasteiger partial charge is 0.331 e. The smallest absolute Gasteiger partial charge is 0.255 e. The van der Waals surface area contributed by atoms with E-state index in [-0.39, 0.29) is 5.91 Å². The van der Waals surface area contributed by atoms with Gasteiger partial charge in [0.15, 0.2) is 0 Å². The molecule has 1 aromatic rings. The minimum atomic E-state index is 0.181. The van der Waals surface area contributed by atoms with Crippen LogP contribution in [0.1, 0.15) is 28.8 Å². The first-order chi connectivity index (χ1) is 7.27. The summed E-state index contributed by atoms with van der Waals surface area (Å²) in [6.07, 6.45) is 2.31. The monoisotopic (exact) mass is 199 g/mol.